The van der Waals surface area contributed by atoms with E-state index in [1.165, 1.54) is 12.8 Å². The molecular formula is C20H29N5O2. The molecule has 1 fully saturated rings. The number of carbonyl (C=O) groups excluding carboxylic acids is 1. The van der Waals surface area contributed by atoms with E-state index in [1.807, 2.05) is 19.1 Å². The second-order valence-electron chi connectivity index (χ2n) is 7.88. The van der Waals surface area contributed by atoms with Crippen LogP contribution in [-0.2, 0) is 9.53 Å². The molecule has 3 atom stereocenters. The van der Waals surface area contributed by atoms with Gasteiger partial charge in [-0.1, -0.05) is 27.2 Å². The molecule has 1 aliphatic carbocycles. The number of hydrogen-bond acceptors (Lipinski definition) is 5. The van der Waals surface area contributed by atoms with Crippen LogP contribution in [0.15, 0.2) is 24.4 Å². The maximum atomic E-state index is 12.4. The summed E-state index contributed by atoms with van der Waals surface area (Å²) in [5.74, 6) is 2.66. The molecule has 0 spiro atoms. The smallest absolute Gasteiger partial charge is 0.251 e. The number of anilines is 1. The van der Waals surface area contributed by atoms with Crippen LogP contribution < -0.4 is 5.32 Å². The van der Waals surface area contributed by atoms with Crippen molar-refractivity contribution in [2.75, 3.05) is 11.9 Å². The van der Waals surface area contributed by atoms with E-state index < -0.39 is 0 Å². The van der Waals surface area contributed by atoms with Gasteiger partial charge in [-0.25, -0.2) is 0 Å². The molecule has 2 heterocycles. The fraction of sp³-hybridized carbons (Fsp3) is 0.600. The molecule has 0 radical (unpaired) electrons. The first-order valence-corrected chi connectivity index (χ1v) is 9.70. The van der Waals surface area contributed by atoms with E-state index in [1.54, 1.807) is 16.9 Å². The van der Waals surface area contributed by atoms with Crippen LogP contribution in [0.4, 0.5) is 5.82 Å². The average Bonchev–Trinajstić information content (AvgIpc) is 3.08. The van der Waals surface area contributed by atoms with Gasteiger partial charge in [-0.15, -0.1) is 5.10 Å². The highest BCUT2D eigenvalue weighted by Crippen LogP contribution is 2.35. The third-order valence-electron chi connectivity index (χ3n) is 5.30. The minimum absolute atomic E-state index is 0.0470. The SMILES string of the molecule is Cc1ccc(-n2nccc2NC(=O)COC2CC(C)CCC2C(C)C)nn1. The van der Waals surface area contributed by atoms with Crippen molar-refractivity contribution in [1.29, 1.82) is 0 Å². The molecule has 146 valence electrons. The number of ether oxygens (including phenoxy) is 1. The average molecular weight is 371 g/mol. The Balaban J connectivity index is 1.60. The number of nitrogens with one attached hydrogen (secondary N) is 1. The molecule has 2 aromatic rings. The zero-order chi connectivity index (χ0) is 19.4. The molecule has 3 unspecified atom stereocenters. The Morgan fingerprint density at radius 2 is 2.11 bits per heavy atom. The quantitative estimate of drug-likeness (QED) is 0.842. The fourth-order valence-corrected chi connectivity index (χ4v) is 3.75. The minimum Gasteiger partial charge on any atom is -0.368 e. The lowest BCUT2D eigenvalue weighted by Crippen LogP contribution is -2.36. The van der Waals surface area contributed by atoms with E-state index in [-0.39, 0.29) is 18.6 Å². The number of carbonyl (C=O) groups is 1. The van der Waals surface area contributed by atoms with Crippen molar-refractivity contribution in [2.24, 2.45) is 17.8 Å². The molecule has 3 rings (SSSR count). The van der Waals surface area contributed by atoms with Gasteiger partial charge in [0.05, 0.1) is 18.0 Å². The Hall–Kier alpha value is -2.28. The van der Waals surface area contributed by atoms with Gasteiger partial charge in [0.1, 0.15) is 12.4 Å². The standard InChI is InChI=1S/C20H29N5O2/c1-13(2)16-7-5-14(3)11-17(16)27-12-20(26)22-18-9-10-21-25(18)19-8-6-15(4)23-24-19/h6,8-10,13-14,16-17H,5,7,11-12H2,1-4H3,(H,22,26). The lowest BCUT2D eigenvalue weighted by atomic mass is 9.75. The van der Waals surface area contributed by atoms with Gasteiger partial charge in [0.15, 0.2) is 5.82 Å². The number of amides is 1. The van der Waals surface area contributed by atoms with Crippen LogP contribution in [0.25, 0.3) is 5.82 Å². The second kappa shape index (κ2) is 8.61. The van der Waals surface area contributed by atoms with Crippen molar-refractivity contribution in [1.82, 2.24) is 20.0 Å². The third-order valence-corrected chi connectivity index (χ3v) is 5.30. The zero-order valence-corrected chi connectivity index (χ0v) is 16.6. The predicted octanol–water partition coefficient (Wildman–Crippen LogP) is 3.39. The molecule has 7 nitrogen and oxygen atoms in total. The molecule has 27 heavy (non-hydrogen) atoms. The van der Waals surface area contributed by atoms with E-state index in [9.17, 15) is 4.79 Å². The van der Waals surface area contributed by atoms with Gasteiger partial charge in [0.2, 0.25) is 0 Å². The van der Waals surface area contributed by atoms with Gasteiger partial charge in [-0.05, 0) is 49.7 Å². The topological polar surface area (TPSA) is 81.9 Å². The van der Waals surface area contributed by atoms with Crippen LogP contribution in [0.5, 0.6) is 0 Å². The summed E-state index contributed by atoms with van der Waals surface area (Å²) < 4.78 is 7.59. The Morgan fingerprint density at radius 3 is 2.81 bits per heavy atom. The van der Waals surface area contributed by atoms with E-state index in [0.717, 1.165) is 12.1 Å². The van der Waals surface area contributed by atoms with Crippen molar-refractivity contribution in [3.8, 4) is 5.82 Å². The number of aromatic nitrogens is 4. The Bertz CT molecular complexity index is 756. The second-order valence-corrected chi connectivity index (χ2v) is 7.88. The molecule has 1 aliphatic rings. The van der Waals surface area contributed by atoms with Crippen molar-refractivity contribution in [2.45, 2.75) is 53.1 Å². The van der Waals surface area contributed by atoms with E-state index in [4.69, 9.17) is 4.74 Å². The molecule has 7 heteroatoms. The summed E-state index contributed by atoms with van der Waals surface area (Å²) in [6.07, 6.45) is 5.20. The van der Waals surface area contributed by atoms with Gasteiger partial charge in [-0.3, -0.25) is 4.79 Å². The molecule has 0 aromatic carbocycles. The van der Waals surface area contributed by atoms with Gasteiger partial charge in [0.25, 0.3) is 5.91 Å². The van der Waals surface area contributed by atoms with E-state index in [2.05, 4.69) is 41.4 Å². The molecule has 1 N–H and O–H groups in total. The normalized spacial score (nSPS) is 22.8. The number of aryl methyl sites for hydroxylation is 1. The van der Waals surface area contributed by atoms with Gasteiger partial charge < -0.3 is 10.1 Å². The molecule has 0 aliphatic heterocycles. The van der Waals surface area contributed by atoms with Crippen molar-refractivity contribution in [3.05, 3.63) is 30.1 Å². The van der Waals surface area contributed by atoms with Crippen molar-refractivity contribution in [3.63, 3.8) is 0 Å². The first-order chi connectivity index (χ1) is 12.9. The van der Waals surface area contributed by atoms with E-state index >= 15 is 0 Å². The zero-order valence-electron chi connectivity index (χ0n) is 16.6. The molecule has 2 aromatic heterocycles. The summed E-state index contributed by atoms with van der Waals surface area (Å²) in [6.45, 7) is 8.65. The maximum absolute atomic E-state index is 12.4. The summed E-state index contributed by atoms with van der Waals surface area (Å²) >= 11 is 0. The maximum Gasteiger partial charge on any atom is 0.251 e. The Labute approximate surface area is 160 Å². The van der Waals surface area contributed by atoms with Crippen LogP contribution in [-0.4, -0.2) is 38.6 Å². The van der Waals surface area contributed by atoms with E-state index in [0.29, 0.717) is 29.4 Å². The van der Waals surface area contributed by atoms with Gasteiger partial charge >= 0.3 is 0 Å². The van der Waals surface area contributed by atoms with Crippen LogP contribution >= 0.6 is 0 Å². The minimum atomic E-state index is -0.183. The highest BCUT2D eigenvalue weighted by atomic mass is 16.5. The van der Waals surface area contributed by atoms with Crippen molar-refractivity contribution >= 4 is 11.7 Å². The summed E-state index contributed by atoms with van der Waals surface area (Å²) in [5.41, 5.74) is 0.825. The van der Waals surface area contributed by atoms with Crippen LogP contribution in [0.1, 0.15) is 45.7 Å². The molecule has 0 saturated heterocycles. The molecule has 1 amide bonds. The summed E-state index contributed by atoms with van der Waals surface area (Å²) in [4.78, 5) is 12.4. The highest BCUT2D eigenvalue weighted by molar-refractivity contribution is 5.91. The first kappa shape index (κ1) is 19.5. The number of nitrogens with zero attached hydrogens (tertiary/aromatic N) is 4. The Morgan fingerprint density at radius 1 is 1.30 bits per heavy atom. The molecule has 0 bridgehead atoms. The lowest BCUT2D eigenvalue weighted by molar-refractivity contribution is -0.126. The molecular weight excluding hydrogens is 342 g/mol. The van der Waals surface area contributed by atoms with Crippen molar-refractivity contribution < 1.29 is 9.53 Å². The monoisotopic (exact) mass is 371 g/mol. The van der Waals surface area contributed by atoms with Gasteiger partial charge in [0, 0.05) is 6.07 Å². The highest BCUT2D eigenvalue weighted by Gasteiger charge is 2.31. The summed E-state index contributed by atoms with van der Waals surface area (Å²) in [5, 5.41) is 15.2. The number of rotatable bonds is 6. The Kier molecular flexibility index (Phi) is 6.21. The predicted molar refractivity (Wildman–Crippen MR) is 104 cm³/mol. The lowest BCUT2D eigenvalue weighted by Gasteiger charge is -2.37. The van der Waals surface area contributed by atoms with Crippen LogP contribution in [0.2, 0.25) is 0 Å². The third kappa shape index (κ3) is 4.91. The number of hydrogen-bond donors (Lipinski definition) is 1. The van der Waals surface area contributed by atoms with Gasteiger partial charge in [-0.2, -0.15) is 14.9 Å². The van der Waals surface area contributed by atoms with Crippen LogP contribution in [0, 0.1) is 24.7 Å². The largest absolute Gasteiger partial charge is 0.368 e. The summed E-state index contributed by atoms with van der Waals surface area (Å²) in [7, 11) is 0. The van der Waals surface area contributed by atoms with Crippen LogP contribution in [0.3, 0.4) is 0 Å². The fourth-order valence-electron chi connectivity index (χ4n) is 3.75. The summed E-state index contributed by atoms with van der Waals surface area (Å²) in [6, 6.07) is 5.41. The molecule has 1 saturated carbocycles. The first-order valence-electron chi connectivity index (χ1n) is 9.70.